The molecule has 98 valence electrons. The van der Waals surface area contributed by atoms with Crippen molar-refractivity contribution in [1.82, 2.24) is 0 Å². The maximum Gasteiger partial charge on any atom is 0.255 e. The number of hydrogen-bond donors (Lipinski definition) is 2. The van der Waals surface area contributed by atoms with Gasteiger partial charge in [-0.05, 0) is 42.8 Å². The lowest BCUT2D eigenvalue weighted by molar-refractivity contribution is 0.102. The minimum atomic E-state index is -0.191. The fourth-order valence-electron chi connectivity index (χ4n) is 1.85. The quantitative estimate of drug-likeness (QED) is 0.830. The summed E-state index contributed by atoms with van der Waals surface area (Å²) < 4.78 is 5.11. The Labute approximate surface area is 112 Å². The maximum atomic E-state index is 12.1. The molecule has 0 fully saturated rings. The molecule has 2 aromatic carbocycles. The number of amides is 1. The van der Waals surface area contributed by atoms with E-state index in [9.17, 15) is 4.79 Å². The number of carbonyl (C=O) groups excluding carboxylic acids is 1. The van der Waals surface area contributed by atoms with Crippen molar-refractivity contribution >= 4 is 17.3 Å². The fourth-order valence-corrected chi connectivity index (χ4v) is 1.85. The molecule has 0 aliphatic carbocycles. The molecule has 0 aliphatic rings. The lowest BCUT2D eigenvalue weighted by Gasteiger charge is -2.08. The van der Waals surface area contributed by atoms with Crippen LogP contribution in [-0.4, -0.2) is 13.0 Å². The van der Waals surface area contributed by atoms with E-state index in [1.807, 2.05) is 25.1 Å². The predicted molar refractivity (Wildman–Crippen MR) is 76.5 cm³/mol. The Morgan fingerprint density at radius 1 is 1.21 bits per heavy atom. The Bertz CT molecular complexity index is 589. The number of methoxy groups -OCH3 is 1. The maximum absolute atomic E-state index is 12.1. The van der Waals surface area contributed by atoms with E-state index < -0.39 is 0 Å². The Kier molecular flexibility index (Phi) is 3.71. The first-order valence-corrected chi connectivity index (χ1v) is 5.91. The molecule has 0 bridgehead atoms. The van der Waals surface area contributed by atoms with Crippen molar-refractivity contribution in [2.45, 2.75) is 6.92 Å². The van der Waals surface area contributed by atoms with Gasteiger partial charge in [-0.2, -0.15) is 0 Å². The second-order valence-electron chi connectivity index (χ2n) is 4.32. The predicted octanol–water partition coefficient (Wildman–Crippen LogP) is 2.84. The number of nitrogens with one attached hydrogen (secondary N) is 1. The first-order chi connectivity index (χ1) is 9.08. The molecule has 19 heavy (non-hydrogen) atoms. The number of rotatable bonds is 3. The van der Waals surface area contributed by atoms with Gasteiger partial charge in [0.25, 0.3) is 5.91 Å². The van der Waals surface area contributed by atoms with Gasteiger partial charge in [-0.15, -0.1) is 0 Å². The topological polar surface area (TPSA) is 64.3 Å². The third-order valence-corrected chi connectivity index (χ3v) is 2.69. The highest BCUT2D eigenvalue weighted by atomic mass is 16.5. The summed E-state index contributed by atoms with van der Waals surface area (Å²) in [5.74, 6) is 0.505. The van der Waals surface area contributed by atoms with Crippen LogP contribution in [0.15, 0.2) is 42.5 Å². The number of nitrogens with two attached hydrogens (primary N) is 1. The highest BCUT2D eigenvalue weighted by Crippen LogP contribution is 2.18. The normalized spacial score (nSPS) is 10.0. The summed E-state index contributed by atoms with van der Waals surface area (Å²) in [6.45, 7) is 1.90. The van der Waals surface area contributed by atoms with Crippen molar-refractivity contribution in [3.63, 3.8) is 0 Å². The minimum absolute atomic E-state index is 0.191. The highest BCUT2D eigenvalue weighted by molar-refractivity contribution is 6.05. The minimum Gasteiger partial charge on any atom is -0.497 e. The van der Waals surface area contributed by atoms with Gasteiger partial charge < -0.3 is 15.8 Å². The van der Waals surface area contributed by atoms with Crippen LogP contribution < -0.4 is 15.8 Å². The summed E-state index contributed by atoms with van der Waals surface area (Å²) in [4.78, 5) is 12.1. The number of ether oxygens (including phenoxy) is 1. The first kappa shape index (κ1) is 13.0. The van der Waals surface area contributed by atoms with Crippen LogP contribution in [0.2, 0.25) is 0 Å². The molecule has 0 spiro atoms. The van der Waals surface area contributed by atoms with Gasteiger partial charge in [0, 0.05) is 23.0 Å². The highest BCUT2D eigenvalue weighted by Gasteiger charge is 2.07. The van der Waals surface area contributed by atoms with Gasteiger partial charge in [-0.25, -0.2) is 0 Å². The van der Waals surface area contributed by atoms with Gasteiger partial charge in [-0.3, -0.25) is 4.79 Å². The number of aryl methyl sites for hydroxylation is 1. The summed E-state index contributed by atoms with van der Waals surface area (Å²) in [5.41, 5.74) is 8.50. The van der Waals surface area contributed by atoms with Crippen molar-refractivity contribution in [1.29, 1.82) is 0 Å². The van der Waals surface area contributed by atoms with Crippen molar-refractivity contribution in [2.75, 3.05) is 18.2 Å². The van der Waals surface area contributed by atoms with E-state index in [1.165, 1.54) is 0 Å². The molecule has 0 radical (unpaired) electrons. The molecule has 0 saturated carbocycles. The lowest BCUT2D eigenvalue weighted by atomic mass is 10.1. The molecule has 0 saturated heterocycles. The average Bonchev–Trinajstić information content (AvgIpc) is 2.37. The zero-order valence-corrected chi connectivity index (χ0v) is 10.9. The average molecular weight is 256 g/mol. The Hall–Kier alpha value is -2.49. The van der Waals surface area contributed by atoms with Gasteiger partial charge in [0.1, 0.15) is 5.75 Å². The van der Waals surface area contributed by atoms with Gasteiger partial charge in [0.15, 0.2) is 0 Å². The van der Waals surface area contributed by atoms with E-state index >= 15 is 0 Å². The number of benzene rings is 2. The van der Waals surface area contributed by atoms with Gasteiger partial charge in [0.05, 0.1) is 7.11 Å². The summed E-state index contributed by atoms with van der Waals surface area (Å²) >= 11 is 0. The molecule has 3 N–H and O–H groups in total. The third kappa shape index (κ3) is 3.25. The summed E-state index contributed by atoms with van der Waals surface area (Å²) in [7, 11) is 1.59. The number of nitrogen functional groups attached to an aromatic ring is 1. The van der Waals surface area contributed by atoms with Crippen LogP contribution in [0.4, 0.5) is 11.4 Å². The fraction of sp³-hybridized carbons (Fsp3) is 0.133. The molecule has 0 aliphatic heterocycles. The van der Waals surface area contributed by atoms with Crippen LogP contribution >= 0.6 is 0 Å². The Balaban J connectivity index is 2.20. The molecule has 4 heteroatoms. The monoisotopic (exact) mass is 256 g/mol. The number of carbonyl (C=O) groups is 1. The van der Waals surface area contributed by atoms with E-state index in [0.717, 1.165) is 5.56 Å². The molecule has 0 aromatic heterocycles. The zero-order chi connectivity index (χ0) is 13.8. The van der Waals surface area contributed by atoms with Crippen molar-refractivity contribution < 1.29 is 9.53 Å². The standard InChI is InChI=1S/C15H16N2O2/c1-10-6-11(8-12(16)7-10)15(18)17-13-4-3-5-14(9-13)19-2/h3-9H,16H2,1-2H3,(H,17,18). The molecule has 0 heterocycles. The van der Waals surface area contributed by atoms with Crippen LogP contribution in [0.1, 0.15) is 15.9 Å². The molecule has 0 unspecified atom stereocenters. The van der Waals surface area contributed by atoms with Crippen molar-refractivity contribution in [2.24, 2.45) is 0 Å². The molecule has 2 rings (SSSR count). The van der Waals surface area contributed by atoms with Gasteiger partial charge >= 0.3 is 0 Å². The Morgan fingerprint density at radius 2 is 2.00 bits per heavy atom. The zero-order valence-electron chi connectivity index (χ0n) is 10.9. The van der Waals surface area contributed by atoms with E-state index in [-0.39, 0.29) is 5.91 Å². The Morgan fingerprint density at radius 3 is 2.68 bits per heavy atom. The van der Waals surface area contributed by atoms with E-state index in [0.29, 0.717) is 22.7 Å². The van der Waals surface area contributed by atoms with Crippen LogP contribution in [0.5, 0.6) is 5.75 Å². The smallest absolute Gasteiger partial charge is 0.255 e. The van der Waals surface area contributed by atoms with Crippen molar-refractivity contribution in [3.8, 4) is 5.75 Å². The van der Waals surface area contributed by atoms with Gasteiger partial charge in [0.2, 0.25) is 0 Å². The van der Waals surface area contributed by atoms with Crippen LogP contribution in [0.3, 0.4) is 0 Å². The second kappa shape index (κ2) is 5.44. The molecule has 4 nitrogen and oxygen atoms in total. The largest absolute Gasteiger partial charge is 0.497 e. The number of anilines is 2. The van der Waals surface area contributed by atoms with Crippen LogP contribution in [0, 0.1) is 6.92 Å². The summed E-state index contributed by atoms with van der Waals surface area (Å²) in [6, 6.07) is 12.5. The summed E-state index contributed by atoms with van der Waals surface area (Å²) in [5, 5.41) is 2.81. The third-order valence-electron chi connectivity index (χ3n) is 2.69. The molecule has 2 aromatic rings. The van der Waals surface area contributed by atoms with E-state index in [2.05, 4.69) is 5.32 Å². The SMILES string of the molecule is COc1cccc(NC(=O)c2cc(C)cc(N)c2)c1. The second-order valence-corrected chi connectivity index (χ2v) is 4.32. The first-order valence-electron chi connectivity index (χ1n) is 5.91. The lowest BCUT2D eigenvalue weighted by Crippen LogP contribution is -2.12. The molecule has 0 atom stereocenters. The van der Waals surface area contributed by atoms with Gasteiger partial charge in [-0.1, -0.05) is 6.07 Å². The molecule has 1 amide bonds. The van der Waals surface area contributed by atoms with Crippen molar-refractivity contribution in [3.05, 3.63) is 53.6 Å². The molecular formula is C15H16N2O2. The van der Waals surface area contributed by atoms with Crippen LogP contribution in [-0.2, 0) is 0 Å². The van der Waals surface area contributed by atoms with Crippen LogP contribution in [0.25, 0.3) is 0 Å². The summed E-state index contributed by atoms with van der Waals surface area (Å²) in [6.07, 6.45) is 0. The van der Waals surface area contributed by atoms with E-state index in [4.69, 9.17) is 10.5 Å². The number of hydrogen-bond acceptors (Lipinski definition) is 3. The molecular weight excluding hydrogens is 240 g/mol. The van der Waals surface area contributed by atoms with E-state index in [1.54, 1.807) is 31.4 Å².